The Hall–Kier alpha value is -0.0404. The normalized spacial score (nSPS) is 33.3. The molecule has 0 aliphatic carbocycles. The molecule has 3 atom stereocenters. The van der Waals surface area contributed by atoms with Gasteiger partial charge >= 0.3 is 121 Å². The van der Waals surface area contributed by atoms with Crippen molar-refractivity contribution in [2.75, 3.05) is 6.54 Å². The van der Waals surface area contributed by atoms with Gasteiger partial charge in [0.1, 0.15) is 0 Å². The molecule has 3 aliphatic heterocycles. The summed E-state index contributed by atoms with van der Waals surface area (Å²) in [5, 5.41) is 8.03. The van der Waals surface area contributed by atoms with Gasteiger partial charge in [-0.2, -0.15) is 0 Å². The van der Waals surface area contributed by atoms with E-state index in [0.29, 0.717) is 18.6 Å². The van der Waals surface area contributed by atoms with Gasteiger partial charge in [0.15, 0.2) is 0 Å². The summed E-state index contributed by atoms with van der Waals surface area (Å²) in [6.07, 6.45) is 5.19. The zero-order valence-corrected chi connectivity index (χ0v) is 12.3. The molecule has 0 bridgehead atoms. The van der Waals surface area contributed by atoms with Crippen molar-refractivity contribution in [3.05, 3.63) is 0 Å². The fourth-order valence-corrected chi connectivity index (χ4v) is 4.27. The molecule has 0 aromatic rings. The van der Waals surface area contributed by atoms with Crippen LogP contribution in [0.15, 0.2) is 0 Å². The van der Waals surface area contributed by atoms with Gasteiger partial charge in [-0.25, -0.2) is 0 Å². The Morgan fingerprint density at radius 2 is 2.32 bits per heavy atom. The van der Waals surface area contributed by atoms with E-state index in [-0.39, 0.29) is 0 Å². The van der Waals surface area contributed by atoms with Gasteiger partial charge in [-0.3, -0.25) is 0 Å². The number of hydrogen-bond acceptors (Lipinski definition) is 1. The van der Waals surface area contributed by atoms with E-state index >= 15 is 0 Å². The van der Waals surface area contributed by atoms with Crippen LogP contribution in [-0.2, 0) is 0 Å². The van der Waals surface area contributed by atoms with Crippen LogP contribution >= 0.6 is 0 Å². The van der Waals surface area contributed by atoms with Crippen LogP contribution in [0.1, 0.15) is 32.6 Å². The first-order valence-corrected chi connectivity index (χ1v) is 8.00. The second-order valence-corrected chi connectivity index (χ2v) is 6.72. The fraction of sp³-hybridized carbons (Fsp3) is 0.750. The zero-order valence-electron chi connectivity index (χ0n) is 12.3. The van der Waals surface area contributed by atoms with Crippen LogP contribution < -0.4 is 5.32 Å². The van der Waals surface area contributed by atoms with E-state index in [4.69, 9.17) is 0 Å². The summed E-state index contributed by atoms with van der Waals surface area (Å²) in [5.41, 5.74) is 0.879. The Bertz CT molecular complexity index is 428. The Kier molecular flexibility index (Phi) is 4.22. The Labute approximate surface area is 121 Å². The molecule has 2 unspecified atom stereocenters. The van der Waals surface area contributed by atoms with Crippen LogP contribution in [0, 0.1) is 5.92 Å². The van der Waals surface area contributed by atoms with Gasteiger partial charge in [-0.15, -0.1) is 0 Å². The van der Waals surface area contributed by atoms with E-state index in [1.54, 1.807) is 5.26 Å². The van der Waals surface area contributed by atoms with Crippen LogP contribution in [0.25, 0.3) is 0 Å². The molecule has 3 heterocycles. The summed E-state index contributed by atoms with van der Waals surface area (Å²) in [5.74, 6) is 0.528. The maximum absolute atomic E-state index is 4.47. The summed E-state index contributed by atoms with van der Waals surface area (Å²) >= 11 is 0. The van der Waals surface area contributed by atoms with Gasteiger partial charge in [0, 0.05) is 0 Å². The van der Waals surface area contributed by atoms with Crippen LogP contribution in [0.2, 0.25) is 5.72 Å². The first-order valence-electron chi connectivity index (χ1n) is 8.00. The first kappa shape index (κ1) is 13.9. The minimum atomic E-state index is 0.528. The van der Waals surface area contributed by atoms with E-state index in [0.717, 1.165) is 5.72 Å². The van der Waals surface area contributed by atoms with Gasteiger partial charge in [-0.05, 0) is 0 Å². The molecule has 0 aromatic heterocycles. The van der Waals surface area contributed by atoms with Crippen molar-refractivity contribution < 1.29 is 0 Å². The number of hydrogen-bond donors (Lipinski definition) is 1. The molecular formula is C12H21B6N. The summed E-state index contributed by atoms with van der Waals surface area (Å²) in [7, 11) is 11.4. The Balaban J connectivity index is 1.74. The predicted molar refractivity (Wildman–Crippen MR) is 98.3 cm³/mol. The van der Waals surface area contributed by atoms with E-state index in [1.807, 2.05) is 0 Å². The van der Waals surface area contributed by atoms with E-state index in [2.05, 4.69) is 34.1 Å². The van der Waals surface area contributed by atoms with Crippen molar-refractivity contribution in [2.24, 2.45) is 5.92 Å². The molecule has 19 heavy (non-hydrogen) atoms. The molecule has 2 saturated heterocycles. The van der Waals surface area contributed by atoms with Gasteiger partial charge in [0.05, 0.1) is 0 Å². The summed E-state index contributed by atoms with van der Waals surface area (Å²) in [6, 6.07) is 0.692. The molecular weight excluding hydrogens is 223 g/mol. The Morgan fingerprint density at radius 1 is 1.47 bits per heavy atom. The zero-order chi connectivity index (χ0) is 13.4. The maximum atomic E-state index is 4.47. The van der Waals surface area contributed by atoms with Crippen LogP contribution in [0.3, 0.4) is 0 Å². The quantitative estimate of drug-likeness (QED) is 0.556. The van der Waals surface area contributed by atoms with Crippen LogP contribution in [0.4, 0.5) is 0 Å². The average molecular weight is 244 g/mol. The molecule has 0 spiro atoms. The van der Waals surface area contributed by atoms with Crippen molar-refractivity contribution in [1.82, 2.24) is 5.32 Å². The molecule has 0 aromatic carbocycles. The second-order valence-electron chi connectivity index (χ2n) is 6.72. The van der Waals surface area contributed by atoms with Crippen LogP contribution in [-0.4, -0.2) is 71.5 Å². The van der Waals surface area contributed by atoms with Crippen molar-refractivity contribution in [1.29, 1.82) is 0 Å². The number of fused-ring (bicyclic) bond motifs is 1. The topological polar surface area (TPSA) is 12.0 Å². The van der Waals surface area contributed by atoms with Gasteiger partial charge in [0.25, 0.3) is 0 Å². The molecule has 0 radical (unpaired) electrons. The van der Waals surface area contributed by atoms with Gasteiger partial charge < -0.3 is 0 Å². The summed E-state index contributed by atoms with van der Waals surface area (Å²) < 4.78 is 0. The van der Waals surface area contributed by atoms with Crippen molar-refractivity contribution in [3.63, 3.8) is 0 Å². The molecule has 1 nitrogen and oxygen atoms in total. The number of nitrogens with one attached hydrogen (secondary N) is 1. The van der Waals surface area contributed by atoms with Crippen LogP contribution in [0.5, 0.6) is 0 Å². The van der Waals surface area contributed by atoms with E-state index in [9.17, 15) is 0 Å². The molecule has 0 amide bonds. The standard InChI is InChI=1S/C12H21B6N/c1-2-9-15-12-16-10(13)8(11(14)18(12)17-9)6-7-4-3-5-19-7/h7-9,13-15,17,19H,2-6H2,1H3/t7?,8-,9?/m0/s1. The number of rotatable bonds is 3. The molecule has 1 N–H and O–H groups in total. The van der Waals surface area contributed by atoms with Gasteiger partial charge in [-0.1, -0.05) is 0 Å². The molecule has 3 aliphatic rings. The third kappa shape index (κ3) is 2.73. The molecule has 2 fully saturated rings. The molecule has 3 rings (SSSR count). The van der Waals surface area contributed by atoms with E-state index < -0.39 is 0 Å². The van der Waals surface area contributed by atoms with Gasteiger partial charge in [0.2, 0.25) is 0 Å². The summed E-state index contributed by atoms with van der Waals surface area (Å²) in [6.45, 7) is 6.59. The fourth-order valence-electron chi connectivity index (χ4n) is 4.27. The van der Waals surface area contributed by atoms with Crippen molar-refractivity contribution >= 4 is 58.9 Å². The Morgan fingerprint density at radius 3 is 3.00 bits per heavy atom. The van der Waals surface area contributed by atoms with Crippen molar-refractivity contribution in [3.8, 4) is 0 Å². The second kappa shape index (κ2) is 5.76. The molecule has 0 saturated carbocycles. The minimum absolute atomic E-state index is 0.528. The third-order valence-corrected chi connectivity index (χ3v) is 5.51. The predicted octanol–water partition coefficient (Wildman–Crippen LogP) is -2.19. The summed E-state index contributed by atoms with van der Waals surface area (Å²) in [4.78, 5) is 0. The average Bonchev–Trinajstić information content (AvgIpc) is 3.03. The van der Waals surface area contributed by atoms with E-state index in [1.165, 1.54) is 57.4 Å². The van der Waals surface area contributed by atoms with Crippen molar-refractivity contribution in [2.45, 2.75) is 44.4 Å². The molecule has 92 valence electrons. The monoisotopic (exact) mass is 245 g/mol. The SMILES string of the molecule is B=C1B=C2BC(CC)BB2C(=B)[C@H]1CC1CCCN1. The molecule has 7 heteroatoms. The third-order valence-electron chi connectivity index (χ3n) is 5.51. The first-order chi connectivity index (χ1) is 9.19.